The van der Waals surface area contributed by atoms with Crippen LogP contribution in [0.3, 0.4) is 0 Å². The van der Waals surface area contributed by atoms with Gasteiger partial charge in [0.25, 0.3) is 11.8 Å². The molecule has 1 aromatic carbocycles. The summed E-state index contributed by atoms with van der Waals surface area (Å²) < 4.78 is 0. The summed E-state index contributed by atoms with van der Waals surface area (Å²) >= 11 is 0. The van der Waals surface area contributed by atoms with Crippen molar-refractivity contribution in [3.63, 3.8) is 0 Å². The van der Waals surface area contributed by atoms with Crippen molar-refractivity contribution in [1.29, 1.82) is 0 Å². The van der Waals surface area contributed by atoms with E-state index in [1.54, 1.807) is 18.2 Å². The lowest BCUT2D eigenvalue weighted by Gasteiger charge is -2.02. The van der Waals surface area contributed by atoms with Crippen LogP contribution in [0.2, 0.25) is 0 Å². The van der Waals surface area contributed by atoms with Crippen LogP contribution < -0.4 is 5.73 Å². The van der Waals surface area contributed by atoms with E-state index in [2.05, 4.69) is 5.73 Å². The normalized spacial score (nSPS) is 15.1. The molecule has 1 aliphatic heterocycles. The van der Waals surface area contributed by atoms with Crippen molar-refractivity contribution < 1.29 is 15.3 Å². The molecule has 0 saturated heterocycles. The summed E-state index contributed by atoms with van der Waals surface area (Å²) in [5, 5.41) is 0. The SMILES string of the molecule is CN1C(=O)c2ccc([NH3+])cc2C1=O. The first-order valence-electron chi connectivity index (χ1n) is 3.89. The maximum Gasteiger partial charge on any atom is 0.261 e. The van der Waals surface area contributed by atoms with E-state index in [9.17, 15) is 9.59 Å². The highest BCUT2D eigenvalue weighted by molar-refractivity contribution is 6.21. The van der Waals surface area contributed by atoms with Crippen LogP contribution in [0.4, 0.5) is 5.69 Å². The number of fused-ring (bicyclic) bond motifs is 1. The van der Waals surface area contributed by atoms with Gasteiger partial charge < -0.3 is 5.73 Å². The summed E-state index contributed by atoms with van der Waals surface area (Å²) in [4.78, 5) is 24.0. The van der Waals surface area contributed by atoms with Crippen molar-refractivity contribution in [2.75, 3.05) is 7.05 Å². The van der Waals surface area contributed by atoms with Gasteiger partial charge in [0.15, 0.2) is 0 Å². The third-order valence-electron chi connectivity index (χ3n) is 2.15. The Bertz CT molecular complexity index is 412. The number of rotatable bonds is 0. The molecule has 0 saturated carbocycles. The summed E-state index contributed by atoms with van der Waals surface area (Å²) in [7, 11) is 1.48. The molecule has 13 heavy (non-hydrogen) atoms. The number of nitrogens with zero attached hydrogens (tertiary/aromatic N) is 1. The van der Waals surface area contributed by atoms with Crippen molar-refractivity contribution in [3.8, 4) is 0 Å². The third kappa shape index (κ3) is 0.957. The van der Waals surface area contributed by atoms with Crippen LogP contribution in [0.1, 0.15) is 20.7 Å². The molecule has 0 atom stereocenters. The maximum absolute atomic E-state index is 11.4. The van der Waals surface area contributed by atoms with E-state index in [1.807, 2.05) is 0 Å². The second-order valence-electron chi connectivity index (χ2n) is 3.05. The van der Waals surface area contributed by atoms with Crippen LogP contribution in [0.15, 0.2) is 18.2 Å². The van der Waals surface area contributed by atoms with Gasteiger partial charge in [-0.2, -0.15) is 0 Å². The summed E-state index contributed by atoms with van der Waals surface area (Å²) in [6, 6.07) is 5.00. The number of quaternary nitrogens is 1. The highest BCUT2D eigenvalue weighted by Gasteiger charge is 2.32. The van der Waals surface area contributed by atoms with Gasteiger partial charge in [-0.1, -0.05) is 0 Å². The molecular weight excluding hydrogens is 168 g/mol. The summed E-state index contributed by atoms with van der Waals surface area (Å²) in [6.07, 6.45) is 0. The summed E-state index contributed by atoms with van der Waals surface area (Å²) in [5.41, 5.74) is 5.38. The molecule has 4 heteroatoms. The quantitative estimate of drug-likeness (QED) is 0.557. The number of amides is 2. The predicted octanol–water partition coefficient (Wildman–Crippen LogP) is -0.214. The molecule has 3 N–H and O–H groups in total. The molecule has 0 radical (unpaired) electrons. The van der Waals surface area contributed by atoms with Crippen molar-refractivity contribution in [2.45, 2.75) is 0 Å². The van der Waals surface area contributed by atoms with Gasteiger partial charge in [0.1, 0.15) is 5.69 Å². The van der Waals surface area contributed by atoms with Crippen molar-refractivity contribution in [3.05, 3.63) is 29.3 Å². The number of carbonyl (C=O) groups excluding carboxylic acids is 2. The Labute approximate surface area is 74.9 Å². The standard InChI is InChI=1S/C9H8N2O2/c1-11-8(12)6-3-2-5(10)4-7(6)9(11)13/h2-4H,10H2,1H3/p+1. The van der Waals surface area contributed by atoms with E-state index < -0.39 is 0 Å². The predicted molar refractivity (Wildman–Crippen MR) is 45.4 cm³/mol. The minimum atomic E-state index is -0.245. The molecule has 1 aliphatic rings. The second kappa shape index (κ2) is 2.40. The van der Waals surface area contributed by atoms with Gasteiger partial charge in [-0.3, -0.25) is 14.5 Å². The Balaban J connectivity index is 2.67. The minimum Gasteiger partial charge on any atom is -0.325 e. The Morgan fingerprint density at radius 1 is 1.15 bits per heavy atom. The molecule has 0 unspecified atom stereocenters. The fraction of sp³-hybridized carbons (Fsp3) is 0.111. The molecule has 66 valence electrons. The molecule has 0 fully saturated rings. The van der Waals surface area contributed by atoms with Gasteiger partial charge in [0.2, 0.25) is 0 Å². The molecule has 0 aromatic heterocycles. The zero-order valence-electron chi connectivity index (χ0n) is 7.20. The average Bonchev–Trinajstić information content (AvgIpc) is 2.32. The molecule has 2 rings (SSSR count). The van der Waals surface area contributed by atoms with Crippen LogP contribution in [0.25, 0.3) is 0 Å². The van der Waals surface area contributed by atoms with Gasteiger partial charge in [0.05, 0.1) is 11.1 Å². The van der Waals surface area contributed by atoms with Crippen LogP contribution in [-0.4, -0.2) is 23.8 Å². The van der Waals surface area contributed by atoms with Gasteiger partial charge >= 0.3 is 0 Å². The zero-order chi connectivity index (χ0) is 9.59. The topological polar surface area (TPSA) is 65.0 Å². The highest BCUT2D eigenvalue weighted by atomic mass is 16.2. The first-order chi connectivity index (χ1) is 6.11. The van der Waals surface area contributed by atoms with Crippen LogP contribution in [0.5, 0.6) is 0 Å². The van der Waals surface area contributed by atoms with Crippen LogP contribution in [-0.2, 0) is 0 Å². The largest absolute Gasteiger partial charge is 0.325 e. The Morgan fingerprint density at radius 3 is 2.46 bits per heavy atom. The number of imide groups is 1. The lowest BCUT2D eigenvalue weighted by molar-refractivity contribution is -0.254. The minimum absolute atomic E-state index is 0.236. The molecular formula is C9H9N2O2+. The van der Waals surface area contributed by atoms with E-state index in [0.717, 1.165) is 10.6 Å². The maximum atomic E-state index is 11.4. The lowest BCUT2D eigenvalue weighted by Crippen LogP contribution is -2.40. The zero-order valence-corrected chi connectivity index (χ0v) is 7.20. The molecule has 1 aromatic rings. The van der Waals surface area contributed by atoms with Crippen LogP contribution in [0, 0.1) is 0 Å². The van der Waals surface area contributed by atoms with Crippen LogP contribution >= 0.6 is 0 Å². The van der Waals surface area contributed by atoms with Gasteiger partial charge in [0, 0.05) is 13.1 Å². The fourth-order valence-corrected chi connectivity index (χ4v) is 1.41. The summed E-state index contributed by atoms with van der Waals surface area (Å²) in [6.45, 7) is 0. The van der Waals surface area contributed by atoms with Gasteiger partial charge in [-0.15, -0.1) is 0 Å². The van der Waals surface area contributed by atoms with Crippen molar-refractivity contribution >= 4 is 17.5 Å². The Morgan fingerprint density at radius 2 is 1.77 bits per heavy atom. The number of hydrogen-bond acceptors (Lipinski definition) is 2. The summed E-state index contributed by atoms with van der Waals surface area (Å²) in [5.74, 6) is -0.481. The smallest absolute Gasteiger partial charge is 0.261 e. The number of hydrogen-bond donors (Lipinski definition) is 1. The number of carbonyl (C=O) groups is 2. The van der Waals surface area contributed by atoms with Gasteiger partial charge in [-0.05, 0) is 12.1 Å². The Hall–Kier alpha value is -1.68. The van der Waals surface area contributed by atoms with E-state index >= 15 is 0 Å². The van der Waals surface area contributed by atoms with E-state index in [1.165, 1.54) is 7.05 Å². The monoisotopic (exact) mass is 177 g/mol. The van der Waals surface area contributed by atoms with Crippen molar-refractivity contribution in [1.82, 2.24) is 4.90 Å². The van der Waals surface area contributed by atoms with E-state index in [0.29, 0.717) is 11.1 Å². The number of benzene rings is 1. The average molecular weight is 177 g/mol. The van der Waals surface area contributed by atoms with E-state index in [4.69, 9.17) is 0 Å². The molecule has 0 bridgehead atoms. The molecule has 4 nitrogen and oxygen atoms in total. The fourth-order valence-electron chi connectivity index (χ4n) is 1.41. The Kier molecular flexibility index (Phi) is 1.47. The second-order valence-corrected chi connectivity index (χ2v) is 3.05. The highest BCUT2D eigenvalue weighted by Crippen LogP contribution is 2.22. The lowest BCUT2D eigenvalue weighted by atomic mass is 10.1. The van der Waals surface area contributed by atoms with E-state index in [-0.39, 0.29) is 11.8 Å². The molecule has 0 aliphatic carbocycles. The third-order valence-corrected chi connectivity index (χ3v) is 2.15. The first-order valence-corrected chi connectivity index (χ1v) is 3.89. The molecule has 1 heterocycles. The van der Waals surface area contributed by atoms with Gasteiger partial charge in [-0.25, -0.2) is 0 Å². The van der Waals surface area contributed by atoms with Crippen molar-refractivity contribution in [2.24, 2.45) is 0 Å². The molecule has 0 spiro atoms. The first kappa shape index (κ1) is 7.94. The molecule has 2 amide bonds.